The van der Waals surface area contributed by atoms with Gasteiger partial charge in [0.25, 0.3) is 0 Å². The Balaban J connectivity index is 2.06. The molecule has 2 aliphatic rings. The molecule has 0 aromatic heterocycles. The summed E-state index contributed by atoms with van der Waals surface area (Å²) in [7, 11) is 0. The van der Waals surface area contributed by atoms with Crippen LogP contribution in [-0.4, -0.2) is 12.2 Å². The first-order valence-corrected chi connectivity index (χ1v) is 4.55. The normalized spacial score (nSPS) is 27.4. The van der Waals surface area contributed by atoms with Gasteiger partial charge < -0.3 is 4.74 Å². The van der Waals surface area contributed by atoms with Gasteiger partial charge in [-0.1, -0.05) is 25.5 Å². The van der Waals surface area contributed by atoms with Crippen molar-refractivity contribution in [1.82, 2.24) is 0 Å². The van der Waals surface area contributed by atoms with Crippen LogP contribution in [0.25, 0.3) is 0 Å². The van der Waals surface area contributed by atoms with E-state index in [0.717, 1.165) is 12.5 Å². The second-order valence-corrected chi connectivity index (χ2v) is 4.10. The standard InChI is InChI=1S/C10H16O/c1-8(2)9-3-6-11-10(7-9)4-5-10/h3,8H,4-7H2,1-2H3. The summed E-state index contributed by atoms with van der Waals surface area (Å²) in [5.41, 5.74) is 1.92. The molecule has 0 N–H and O–H groups in total. The van der Waals surface area contributed by atoms with E-state index < -0.39 is 0 Å². The third kappa shape index (κ3) is 1.34. The van der Waals surface area contributed by atoms with Gasteiger partial charge in [-0.15, -0.1) is 0 Å². The molecule has 0 unspecified atom stereocenters. The molecule has 1 nitrogen and oxygen atoms in total. The Bertz CT molecular complexity index is 187. The van der Waals surface area contributed by atoms with Crippen molar-refractivity contribution in [2.45, 2.75) is 38.7 Å². The van der Waals surface area contributed by atoms with Crippen LogP contribution in [0.15, 0.2) is 11.6 Å². The van der Waals surface area contributed by atoms with Crippen molar-refractivity contribution in [2.24, 2.45) is 5.92 Å². The SMILES string of the molecule is CC(C)C1=CCOC2(CC2)C1. The van der Waals surface area contributed by atoms with Crippen LogP contribution in [0.4, 0.5) is 0 Å². The fourth-order valence-electron chi connectivity index (χ4n) is 1.72. The summed E-state index contributed by atoms with van der Waals surface area (Å²) in [5, 5.41) is 0. The molecule has 1 heteroatoms. The molecule has 0 atom stereocenters. The summed E-state index contributed by atoms with van der Waals surface area (Å²) in [6.07, 6.45) is 6.03. The van der Waals surface area contributed by atoms with Crippen molar-refractivity contribution in [3.8, 4) is 0 Å². The summed E-state index contributed by atoms with van der Waals surface area (Å²) < 4.78 is 5.68. The maximum atomic E-state index is 5.68. The second kappa shape index (κ2) is 2.34. The monoisotopic (exact) mass is 152 g/mol. The Kier molecular flexibility index (Phi) is 1.57. The molecule has 0 aromatic carbocycles. The Labute approximate surface area is 68.4 Å². The van der Waals surface area contributed by atoms with Crippen molar-refractivity contribution >= 4 is 0 Å². The molecular formula is C10H16O. The lowest BCUT2D eigenvalue weighted by molar-refractivity contribution is 0.0407. The van der Waals surface area contributed by atoms with Crippen molar-refractivity contribution in [3.05, 3.63) is 11.6 Å². The molecule has 1 heterocycles. The summed E-state index contributed by atoms with van der Waals surface area (Å²) in [4.78, 5) is 0. The average molecular weight is 152 g/mol. The zero-order chi connectivity index (χ0) is 7.90. The molecule has 1 spiro atoms. The Morgan fingerprint density at radius 2 is 2.18 bits per heavy atom. The topological polar surface area (TPSA) is 9.23 Å². The largest absolute Gasteiger partial charge is 0.371 e. The van der Waals surface area contributed by atoms with Crippen LogP contribution in [0.1, 0.15) is 33.1 Å². The van der Waals surface area contributed by atoms with Crippen molar-refractivity contribution in [2.75, 3.05) is 6.61 Å². The van der Waals surface area contributed by atoms with Gasteiger partial charge >= 0.3 is 0 Å². The van der Waals surface area contributed by atoms with E-state index in [1.807, 2.05) is 0 Å². The third-order valence-electron chi connectivity index (χ3n) is 2.81. The van der Waals surface area contributed by atoms with Crippen LogP contribution in [0.2, 0.25) is 0 Å². The highest BCUT2D eigenvalue weighted by molar-refractivity contribution is 5.17. The van der Waals surface area contributed by atoms with E-state index in [1.54, 1.807) is 5.57 Å². The summed E-state index contributed by atoms with van der Waals surface area (Å²) >= 11 is 0. The Morgan fingerprint density at radius 3 is 2.73 bits per heavy atom. The van der Waals surface area contributed by atoms with E-state index in [4.69, 9.17) is 4.74 Å². The molecular weight excluding hydrogens is 136 g/mol. The smallest absolute Gasteiger partial charge is 0.0726 e. The van der Waals surface area contributed by atoms with Gasteiger partial charge in [0.2, 0.25) is 0 Å². The highest BCUT2D eigenvalue weighted by Gasteiger charge is 2.45. The van der Waals surface area contributed by atoms with Crippen molar-refractivity contribution in [3.63, 3.8) is 0 Å². The quantitative estimate of drug-likeness (QED) is 0.525. The van der Waals surface area contributed by atoms with Crippen LogP contribution >= 0.6 is 0 Å². The Morgan fingerprint density at radius 1 is 1.45 bits per heavy atom. The van der Waals surface area contributed by atoms with E-state index >= 15 is 0 Å². The molecule has 1 fully saturated rings. The summed E-state index contributed by atoms with van der Waals surface area (Å²) in [6, 6.07) is 0. The molecule has 1 aliphatic carbocycles. The maximum Gasteiger partial charge on any atom is 0.0726 e. The van der Waals surface area contributed by atoms with E-state index in [0.29, 0.717) is 5.60 Å². The van der Waals surface area contributed by atoms with Gasteiger partial charge in [-0.25, -0.2) is 0 Å². The molecule has 0 bridgehead atoms. The summed E-state index contributed by atoms with van der Waals surface area (Å²) in [5.74, 6) is 0.719. The fraction of sp³-hybridized carbons (Fsp3) is 0.800. The van der Waals surface area contributed by atoms with Crippen LogP contribution in [0.3, 0.4) is 0 Å². The first-order valence-electron chi connectivity index (χ1n) is 4.55. The molecule has 0 radical (unpaired) electrons. The lowest BCUT2D eigenvalue weighted by atomic mass is 9.94. The molecule has 0 amide bonds. The molecule has 1 saturated carbocycles. The van der Waals surface area contributed by atoms with Gasteiger partial charge in [-0.05, 0) is 25.2 Å². The fourth-order valence-corrected chi connectivity index (χ4v) is 1.72. The minimum Gasteiger partial charge on any atom is -0.371 e. The number of hydrogen-bond donors (Lipinski definition) is 0. The zero-order valence-electron chi connectivity index (χ0n) is 7.39. The average Bonchev–Trinajstić information content (AvgIpc) is 2.69. The molecule has 0 saturated heterocycles. The van der Waals surface area contributed by atoms with Gasteiger partial charge in [-0.2, -0.15) is 0 Å². The summed E-state index contributed by atoms with van der Waals surface area (Å²) in [6.45, 7) is 5.40. The van der Waals surface area contributed by atoms with E-state index in [1.165, 1.54) is 19.3 Å². The van der Waals surface area contributed by atoms with E-state index in [-0.39, 0.29) is 0 Å². The minimum absolute atomic E-state index is 0.314. The third-order valence-corrected chi connectivity index (χ3v) is 2.81. The molecule has 11 heavy (non-hydrogen) atoms. The predicted molar refractivity (Wildman–Crippen MR) is 45.5 cm³/mol. The van der Waals surface area contributed by atoms with Gasteiger partial charge in [0.05, 0.1) is 12.2 Å². The number of ether oxygens (including phenoxy) is 1. The highest BCUT2D eigenvalue weighted by Crippen LogP contribution is 2.47. The van der Waals surface area contributed by atoms with Crippen molar-refractivity contribution in [1.29, 1.82) is 0 Å². The molecule has 62 valence electrons. The van der Waals surface area contributed by atoms with Crippen LogP contribution < -0.4 is 0 Å². The first kappa shape index (κ1) is 7.35. The highest BCUT2D eigenvalue weighted by atomic mass is 16.5. The van der Waals surface area contributed by atoms with Gasteiger partial charge in [0.1, 0.15) is 0 Å². The minimum atomic E-state index is 0.314. The van der Waals surface area contributed by atoms with Crippen LogP contribution in [0.5, 0.6) is 0 Å². The van der Waals surface area contributed by atoms with Gasteiger partial charge in [0.15, 0.2) is 0 Å². The predicted octanol–water partition coefficient (Wildman–Crippen LogP) is 2.52. The van der Waals surface area contributed by atoms with E-state index in [9.17, 15) is 0 Å². The lowest BCUT2D eigenvalue weighted by Crippen LogP contribution is -2.21. The van der Waals surface area contributed by atoms with E-state index in [2.05, 4.69) is 19.9 Å². The molecule has 2 rings (SSSR count). The Hall–Kier alpha value is -0.300. The van der Waals surface area contributed by atoms with Crippen LogP contribution in [0, 0.1) is 5.92 Å². The number of rotatable bonds is 1. The number of hydrogen-bond acceptors (Lipinski definition) is 1. The van der Waals surface area contributed by atoms with Crippen LogP contribution in [-0.2, 0) is 4.74 Å². The molecule has 0 aromatic rings. The van der Waals surface area contributed by atoms with Gasteiger partial charge in [-0.3, -0.25) is 0 Å². The first-order chi connectivity index (χ1) is 5.22. The van der Waals surface area contributed by atoms with Crippen molar-refractivity contribution < 1.29 is 4.74 Å². The molecule has 1 aliphatic heterocycles. The maximum absolute atomic E-state index is 5.68. The lowest BCUT2D eigenvalue weighted by Gasteiger charge is -2.24. The second-order valence-electron chi connectivity index (χ2n) is 4.10. The van der Waals surface area contributed by atoms with Gasteiger partial charge in [0, 0.05) is 0 Å². The zero-order valence-corrected chi connectivity index (χ0v) is 7.39.